The zero-order chi connectivity index (χ0) is 7.23. The summed E-state index contributed by atoms with van der Waals surface area (Å²) in [5.41, 5.74) is 0. The lowest BCUT2D eigenvalue weighted by Crippen LogP contribution is -2.23. The van der Waals surface area contributed by atoms with Crippen LogP contribution in [0.3, 0.4) is 0 Å². The number of ether oxygens (including phenoxy) is 2. The highest BCUT2D eigenvalue weighted by Gasteiger charge is 2.12. The van der Waals surface area contributed by atoms with Crippen LogP contribution in [0.25, 0.3) is 0 Å². The first kappa shape index (κ1) is 8.50. The van der Waals surface area contributed by atoms with Crippen molar-refractivity contribution in [2.75, 3.05) is 25.2 Å². The number of rotatable bonds is 3. The molecule has 1 aliphatic heterocycles. The minimum absolute atomic E-state index is 0.450. The van der Waals surface area contributed by atoms with Gasteiger partial charge in [-0.1, -0.05) is 15.9 Å². The topological polar surface area (TPSA) is 18.5 Å². The van der Waals surface area contributed by atoms with Gasteiger partial charge in [0.2, 0.25) is 0 Å². The Labute approximate surface area is 70.0 Å². The molecule has 0 unspecified atom stereocenters. The van der Waals surface area contributed by atoms with Crippen molar-refractivity contribution in [3.63, 3.8) is 0 Å². The number of hydrogen-bond acceptors (Lipinski definition) is 2. The fourth-order valence-electron chi connectivity index (χ4n) is 1.05. The molecular weight excluding hydrogens is 196 g/mol. The third kappa shape index (κ3) is 2.99. The molecule has 0 aliphatic carbocycles. The first-order valence-electron chi connectivity index (χ1n) is 3.69. The number of hydrogen-bond donors (Lipinski definition) is 0. The lowest BCUT2D eigenvalue weighted by Gasteiger charge is -2.21. The van der Waals surface area contributed by atoms with Gasteiger partial charge in [-0.2, -0.15) is 0 Å². The van der Waals surface area contributed by atoms with Crippen LogP contribution in [0, 0.1) is 0 Å². The normalized spacial score (nSPS) is 21.3. The zero-order valence-electron chi connectivity index (χ0n) is 6.01. The Morgan fingerprint density at radius 1 is 1.40 bits per heavy atom. The van der Waals surface area contributed by atoms with E-state index in [9.17, 15) is 0 Å². The molecule has 0 amide bonds. The van der Waals surface area contributed by atoms with Crippen LogP contribution in [0.1, 0.15) is 12.8 Å². The van der Waals surface area contributed by atoms with Gasteiger partial charge in [-0.3, -0.25) is 0 Å². The van der Waals surface area contributed by atoms with E-state index in [0.29, 0.717) is 6.10 Å². The molecule has 0 aromatic carbocycles. The predicted molar refractivity (Wildman–Crippen MR) is 43.6 cm³/mol. The number of alkyl halides is 1. The van der Waals surface area contributed by atoms with Gasteiger partial charge >= 0.3 is 0 Å². The van der Waals surface area contributed by atoms with E-state index in [1.54, 1.807) is 0 Å². The third-order valence-corrected chi connectivity index (χ3v) is 1.92. The van der Waals surface area contributed by atoms with Gasteiger partial charge in [0.1, 0.15) is 0 Å². The molecule has 1 heterocycles. The summed E-state index contributed by atoms with van der Waals surface area (Å²) in [6.07, 6.45) is 2.58. The van der Waals surface area contributed by atoms with Crippen molar-refractivity contribution in [1.29, 1.82) is 0 Å². The van der Waals surface area contributed by atoms with Crippen LogP contribution in [0.15, 0.2) is 0 Å². The monoisotopic (exact) mass is 208 g/mol. The van der Waals surface area contributed by atoms with Crippen molar-refractivity contribution >= 4 is 15.9 Å². The molecule has 2 nitrogen and oxygen atoms in total. The molecule has 0 aromatic heterocycles. The second-order valence-electron chi connectivity index (χ2n) is 2.37. The Bertz CT molecular complexity index is 81.7. The molecule has 0 N–H and O–H groups in total. The summed E-state index contributed by atoms with van der Waals surface area (Å²) >= 11 is 3.32. The second kappa shape index (κ2) is 5.10. The molecule has 0 saturated carbocycles. The van der Waals surface area contributed by atoms with E-state index in [1.807, 2.05) is 0 Å². The van der Waals surface area contributed by atoms with E-state index >= 15 is 0 Å². The lowest BCUT2D eigenvalue weighted by molar-refractivity contribution is -0.0262. The minimum atomic E-state index is 0.450. The van der Waals surface area contributed by atoms with Gasteiger partial charge in [0, 0.05) is 18.5 Å². The summed E-state index contributed by atoms with van der Waals surface area (Å²) in [6, 6.07) is 0. The Morgan fingerprint density at radius 2 is 2.10 bits per heavy atom. The largest absolute Gasteiger partial charge is 0.381 e. The van der Waals surface area contributed by atoms with Crippen LogP contribution in [-0.4, -0.2) is 31.3 Å². The summed E-state index contributed by atoms with van der Waals surface area (Å²) in [6.45, 7) is 2.56. The molecule has 3 heteroatoms. The van der Waals surface area contributed by atoms with E-state index in [2.05, 4.69) is 15.9 Å². The predicted octanol–water partition coefficient (Wildman–Crippen LogP) is 1.58. The molecule has 0 atom stereocenters. The maximum atomic E-state index is 5.51. The summed E-state index contributed by atoms with van der Waals surface area (Å²) in [4.78, 5) is 0. The van der Waals surface area contributed by atoms with Crippen molar-refractivity contribution in [2.24, 2.45) is 0 Å². The third-order valence-electron chi connectivity index (χ3n) is 1.60. The zero-order valence-corrected chi connectivity index (χ0v) is 7.60. The van der Waals surface area contributed by atoms with Crippen molar-refractivity contribution in [3.05, 3.63) is 0 Å². The molecule has 10 heavy (non-hydrogen) atoms. The average molecular weight is 209 g/mol. The van der Waals surface area contributed by atoms with Gasteiger partial charge < -0.3 is 9.47 Å². The molecule has 1 saturated heterocycles. The smallest absolute Gasteiger partial charge is 0.0619 e. The maximum Gasteiger partial charge on any atom is 0.0619 e. The van der Waals surface area contributed by atoms with Crippen LogP contribution in [-0.2, 0) is 9.47 Å². The van der Waals surface area contributed by atoms with Gasteiger partial charge in [-0.25, -0.2) is 0 Å². The van der Waals surface area contributed by atoms with Gasteiger partial charge in [0.25, 0.3) is 0 Å². The van der Waals surface area contributed by atoms with Gasteiger partial charge in [-0.15, -0.1) is 0 Å². The van der Waals surface area contributed by atoms with Crippen molar-refractivity contribution in [2.45, 2.75) is 18.9 Å². The van der Waals surface area contributed by atoms with E-state index in [4.69, 9.17) is 9.47 Å². The van der Waals surface area contributed by atoms with Crippen LogP contribution >= 0.6 is 15.9 Å². The van der Waals surface area contributed by atoms with Crippen LogP contribution in [0.5, 0.6) is 0 Å². The number of halogens is 1. The van der Waals surface area contributed by atoms with E-state index in [0.717, 1.165) is 38.0 Å². The highest BCUT2D eigenvalue weighted by atomic mass is 79.9. The lowest BCUT2D eigenvalue weighted by atomic mass is 10.2. The van der Waals surface area contributed by atoms with E-state index in [-0.39, 0.29) is 0 Å². The molecule has 0 spiro atoms. The quantitative estimate of drug-likeness (QED) is 0.657. The Balaban J connectivity index is 2.02. The fraction of sp³-hybridized carbons (Fsp3) is 1.00. The van der Waals surface area contributed by atoms with Crippen molar-refractivity contribution in [1.82, 2.24) is 0 Å². The van der Waals surface area contributed by atoms with Gasteiger partial charge in [-0.05, 0) is 12.8 Å². The molecule has 0 bridgehead atoms. The van der Waals surface area contributed by atoms with E-state index in [1.165, 1.54) is 0 Å². The molecule has 0 radical (unpaired) electrons. The highest BCUT2D eigenvalue weighted by Crippen LogP contribution is 2.10. The molecule has 1 rings (SSSR count). The Kier molecular flexibility index (Phi) is 4.34. The van der Waals surface area contributed by atoms with Crippen LogP contribution in [0.2, 0.25) is 0 Å². The summed E-state index contributed by atoms with van der Waals surface area (Å²) in [5.74, 6) is 0. The molecule has 0 aromatic rings. The summed E-state index contributed by atoms with van der Waals surface area (Å²) in [7, 11) is 0. The second-order valence-corrected chi connectivity index (χ2v) is 3.16. The van der Waals surface area contributed by atoms with Crippen LogP contribution in [0.4, 0.5) is 0 Å². The SMILES string of the molecule is BrCCOC1CCOCC1. The van der Waals surface area contributed by atoms with Gasteiger partial charge in [0.05, 0.1) is 12.7 Å². The van der Waals surface area contributed by atoms with Gasteiger partial charge in [0.15, 0.2) is 0 Å². The first-order chi connectivity index (χ1) is 4.93. The van der Waals surface area contributed by atoms with E-state index < -0.39 is 0 Å². The fourth-order valence-corrected chi connectivity index (χ4v) is 1.24. The Morgan fingerprint density at radius 3 is 2.70 bits per heavy atom. The minimum Gasteiger partial charge on any atom is -0.381 e. The highest BCUT2D eigenvalue weighted by molar-refractivity contribution is 9.09. The van der Waals surface area contributed by atoms with Crippen molar-refractivity contribution < 1.29 is 9.47 Å². The standard InChI is InChI=1S/C7H13BrO2/c8-3-6-10-7-1-4-9-5-2-7/h7H,1-6H2. The summed E-state index contributed by atoms with van der Waals surface area (Å²) in [5, 5.41) is 0.935. The Hall–Kier alpha value is 0.400. The molecule has 1 aliphatic rings. The van der Waals surface area contributed by atoms with Crippen LogP contribution < -0.4 is 0 Å². The molecular formula is C7H13BrO2. The first-order valence-corrected chi connectivity index (χ1v) is 4.81. The van der Waals surface area contributed by atoms with Crippen molar-refractivity contribution in [3.8, 4) is 0 Å². The summed E-state index contributed by atoms with van der Waals surface area (Å²) < 4.78 is 10.7. The maximum absolute atomic E-state index is 5.51. The average Bonchev–Trinajstić information content (AvgIpc) is 2.03. The molecule has 60 valence electrons. The molecule has 1 fully saturated rings.